The molecule has 6 nitrogen and oxygen atoms in total. The molecule has 0 aliphatic rings. The van der Waals surface area contributed by atoms with Crippen LogP contribution in [-0.4, -0.2) is 28.6 Å². The van der Waals surface area contributed by atoms with E-state index in [0.717, 1.165) is 20.8 Å². The molecule has 0 aliphatic carbocycles. The maximum atomic E-state index is 12.2. The number of ether oxygens (including phenoxy) is 1. The number of phenols is 1. The van der Waals surface area contributed by atoms with Crippen molar-refractivity contribution in [3.05, 3.63) is 74.7 Å². The molecule has 4 rings (SSSR count). The van der Waals surface area contributed by atoms with Crippen LogP contribution in [0.3, 0.4) is 0 Å². The normalized spacial score (nSPS) is 10.8. The van der Waals surface area contributed by atoms with E-state index >= 15 is 0 Å². The Morgan fingerprint density at radius 1 is 1.09 bits per heavy atom. The summed E-state index contributed by atoms with van der Waals surface area (Å²) in [6.07, 6.45) is 0. The van der Waals surface area contributed by atoms with Gasteiger partial charge in [0.2, 0.25) is 0 Å². The molecule has 0 aliphatic heterocycles. The molecule has 0 unspecified atom stereocenters. The third kappa shape index (κ3) is 5.01. The molecule has 0 radical (unpaired) electrons. The lowest BCUT2D eigenvalue weighted by Gasteiger charge is -2.09. The molecule has 1 aromatic heterocycles. The number of amides is 1. The number of carbonyl (C=O) groups excluding carboxylic acids is 2. The summed E-state index contributed by atoms with van der Waals surface area (Å²) in [6.45, 7) is 1.56. The fraction of sp³-hybridized carbons (Fsp3) is 0.0870. The van der Waals surface area contributed by atoms with Gasteiger partial charge in [-0.2, -0.15) is 0 Å². The number of thiazole rings is 1. The third-order valence-electron chi connectivity index (χ3n) is 4.54. The summed E-state index contributed by atoms with van der Waals surface area (Å²) in [6, 6.07) is 16.5. The summed E-state index contributed by atoms with van der Waals surface area (Å²) in [7, 11) is 0. The number of halogens is 2. The van der Waals surface area contributed by atoms with Crippen LogP contribution in [0.2, 0.25) is 0 Å². The molecule has 2 N–H and O–H groups in total. The lowest BCUT2D eigenvalue weighted by Crippen LogP contribution is -2.21. The first-order valence-electron chi connectivity index (χ1n) is 9.43. The van der Waals surface area contributed by atoms with Crippen molar-refractivity contribution in [1.29, 1.82) is 0 Å². The maximum absolute atomic E-state index is 12.2. The van der Waals surface area contributed by atoms with Crippen LogP contribution in [0.1, 0.15) is 15.9 Å². The highest BCUT2D eigenvalue weighted by molar-refractivity contribution is 9.11. The molecule has 32 heavy (non-hydrogen) atoms. The van der Waals surface area contributed by atoms with Crippen LogP contribution >= 0.6 is 43.2 Å². The van der Waals surface area contributed by atoms with E-state index in [0.29, 0.717) is 14.6 Å². The minimum absolute atomic E-state index is 0.0468. The Labute approximate surface area is 204 Å². The number of benzene rings is 3. The molecule has 0 saturated heterocycles. The van der Waals surface area contributed by atoms with Gasteiger partial charge >= 0.3 is 5.97 Å². The maximum Gasteiger partial charge on any atom is 0.342 e. The molecular formula is C23H16Br2N2O4S. The van der Waals surface area contributed by atoms with Crippen molar-refractivity contribution in [2.75, 3.05) is 11.9 Å². The molecule has 162 valence electrons. The summed E-state index contributed by atoms with van der Waals surface area (Å²) in [5, 5.41) is 13.6. The first-order chi connectivity index (χ1) is 15.3. The average Bonchev–Trinajstić information content (AvgIpc) is 3.18. The number of fused-ring (bicyclic) bond motifs is 1. The highest BCUT2D eigenvalue weighted by Crippen LogP contribution is 2.33. The Kier molecular flexibility index (Phi) is 6.59. The van der Waals surface area contributed by atoms with Gasteiger partial charge in [-0.1, -0.05) is 22.0 Å². The Morgan fingerprint density at radius 2 is 1.84 bits per heavy atom. The van der Waals surface area contributed by atoms with Crippen molar-refractivity contribution in [2.24, 2.45) is 0 Å². The van der Waals surface area contributed by atoms with Gasteiger partial charge in [0, 0.05) is 15.7 Å². The van der Waals surface area contributed by atoms with Crippen LogP contribution in [0.4, 0.5) is 5.69 Å². The Hall–Kier alpha value is -2.75. The van der Waals surface area contributed by atoms with Gasteiger partial charge in [0.05, 0.1) is 14.7 Å². The summed E-state index contributed by atoms with van der Waals surface area (Å²) < 4.78 is 7.08. The van der Waals surface area contributed by atoms with E-state index in [-0.39, 0.29) is 11.3 Å². The van der Waals surface area contributed by atoms with Gasteiger partial charge in [-0.15, -0.1) is 11.3 Å². The zero-order valence-corrected chi connectivity index (χ0v) is 20.7. The fourth-order valence-corrected chi connectivity index (χ4v) is 5.27. The van der Waals surface area contributed by atoms with Crippen molar-refractivity contribution < 1.29 is 19.4 Å². The highest BCUT2D eigenvalue weighted by atomic mass is 79.9. The van der Waals surface area contributed by atoms with Crippen LogP contribution in [0, 0.1) is 6.92 Å². The van der Waals surface area contributed by atoms with E-state index in [4.69, 9.17) is 4.74 Å². The largest absolute Gasteiger partial charge is 0.506 e. The number of aromatic hydroxyl groups is 1. The summed E-state index contributed by atoms with van der Waals surface area (Å²) in [5.74, 6) is -1.55. The lowest BCUT2D eigenvalue weighted by molar-refractivity contribution is -0.119. The van der Waals surface area contributed by atoms with Crippen LogP contribution in [0.15, 0.2) is 63.5 Å². The first kappa shape index (κ1) is 22.4. The van der Waals surface area contributed by atoms with Gasteiger partial charge in [0.25, 0.3) is 5.91 Å². The quantitative estimate of drug-likeness (QED) is 0.273. The Balaban J connectivity index is 1.38. The number of anilines is 1. The molecule has 1 heterocycles. The van der Waals surface area contributed by atoms with Gasteiger partial charge < -0.3 is 15.2 Å². The van der Waals surface area contributed by atoms with Crippen molar-refractivity contribution >= 4 is 71.0 Å². The minimum Gasteiger partial charge on any atom is -0.506 e. The zero-order valence-electron chi connectivity index (χ0n) is 16.7. The van der Waals surface area contributed by atoms with Crippen molar-refractivity contribution in [3.8, 4) is 16.3 Å². The minimum atomic E-state index is -0.805. The number of phenolic OH excluding ortho intramolecular Hbond substituents is 1. The number of aryl methyl sites for hydroxylation is 1. The molecule has 0 bridgehead atoms. The number of nitrogens with zero attached hydrogens (tertiary/aromatic N) is 1. The van der Waals surface area contributed by atoms with Crippen molar-refractivity contribution in [3.63, 3.8) is 0 Å². The average molecular weight is 576 g/mol. The summed E-state index contributed by atoms with van der Waals surface area (Å²) >= 11 is 8.01. The van der Waals surface area contributed by atoms with Crippen LogP contribution in [0.25, 0.3) is 20.8 Å². The fourth-order valence-electron chi connectivity index (χ4n) is 2.98. The number of rotatable bonds is 5. The van der Waals surface area contributed by atoms with Crippen molar-refractivity contribution in [1.82, 2.24) is 4.98 Å². The number of aromatic nitrogens is 1. The molecule has 0 atom stereocenters. The molecule has 0 fully saturated rings. The van der Waals surface area contributed by atoms with E-state index in [2.05, 4.69) is 48.2 Å². The number of hydrogen-bond donors (Lipinski definition) is 2. The van der Waals surface area contributed by atoms with Crippen LogP contribution < -0.4 is 5.32 Å². The number of esters is 1. The summed E-state index contributed by atoms with van der Waals surface area (Å²) in [4.78, 5) is 29.1. The molecule has 1 amide bonds. The monoisotopic (exact) mass is 574 g/mol. The Morgan fingerprint density at radius 3 is 2.59 bits per heavy atom. The predicted molar refractivity (Wildman–Crippen MR) is 132 cm³/mol. The van der Waals surface area contributed by atoms with Gasteiger partial charge in [-0.05, 0) is 76.9 Å². The third-order valence-corrected chi connectivity index (χ3v) is 6.67. The van der Waals surface area contributed by atoms with Gasteiger partial charge in [-0.25, -0.2) is 9.78 Å². The molecule has 0 spiro atoms. The van der Waals surface area contributed by atoms with Gasteiger partial charge in [0.1, 0.15) is 16.3 Å². The second-order valence-electron chi connectivity index (χ2n) is 6.98. The van der Waals surface area contributed by atoms with E-state index in [1.54, 1.807) is 29.5 Å². The number of carbonyl (C=O) groups is 2. The molecule has 9 heteroatoms. The predicted octanol–water partition coefficient (Wildman–Crippen LogP) is 6.30. The summed E-state index contributed by atoms with van der Waals surface area (Å²) in [5.41, 5.74) is 3.62. The van der Waals surface area contributed by atoms with Gasteiger partial charge in [-0.3, -0.25) is 4.79 Å². The highest BCUT2D eigenvalue weighted by Gasteiger charge is 2.18. The SMILES string of the molecule is Cc1ccc2nc(-c3ccc(NC(=O)COC(=O)c4cc(Br)cc(Br)c4O)cc3)sc2c1. The second kappa shape index (κ2) is 9.40. The van der Waals surface area contributed by atoms with Crippen molar-refractivity contribution in [2.45, 2.75) is 6.92 Å². The van der Waals surface area contributed by atoms with Crippen LogP contribution in [-0.2, 0) is 9.53 Å². The molecule has 3 aromatic carbocycles. The molecule has 4 aromatic rings. The lowest BCUT2D eigenvalue weighted by atomic mass is 10.2. The van der Waals surface area contributed by atoms with E-state index in [9.17, 15) is 14.7 Å². The molecule has 0 saturated carbocycles. The standard InChI is InChI=1S/C23H16Br2N2O4S/c1-12-2-7-18-19(8-12)32-22(27-18)13-3-5-15(6-4-13)26-20(28)11-31-23(30)16-9-14(24)10-17(25)21(16)29/h2-10,29H,11H2,1H3,(H,26,28). The number of hydrogen-bond acceptors (Lipinski definition) is 6. The topological polar surface area (TPSA) is 88.5 Å². The number of nitrogens with one attached hydrogen (secondary N) is 1. The zero-order chi connectivity index (χ0) is 22.8. The van der Waals surface area contributed by atoms with E-state index in [1.165, 1.54) is 11.6 Å². The van der Waals surface area contributed by atoms with Gasteiger partial charge in [0.15, 0.2) is 6.61 Å². The second-order valence-corrected chi connectivity index (χ2v) is 9.78. The van der Waals surface area contributed by atoms with E-state index < -0.39 is 18.5 Å². The Bertz CT molecular complexity index is 1340. The van der Waals surface area contributed by atoms with Crippen LogP contribution in [0.5, 0.6) is 5.75 Å². The van der Waals surface area contributed by atoms with E-state index in [1.807, 2.05) is 31.2 Å². The molecular weight excluding hydrogens is 560 g/mol. The smallest absolute Gasteiger partial charge is 0.342 e. The first-order valence-corrected chi connectivity index (χ1v) is 11.8.